The molecule has 1 amide bonds. The molecule has 0 atom stereocenters. The van der Waals surface area contributed by atoms with Crippen LogP contribution in [-0.2, 0) is 21.4 Å². The van der Waals surface area contributed by atoms with Crippen molar-refractivity contribution < 1.29 is 27.1 Å². The van der Waals surface area contributed by atoms with Crippen LogP contribution < -0.4 is 14.8 Å². The molecule has 0 saturated heterocycles. The average Bonchev–Trinajstić information content (AvgIpc) is 3.13. The van der Waals surface area contributed by atoms with Crippen LogP contribution in [0, 0.1) is 0 Å². The van der Waals surface area contributed by atoms with E-state index in [0.717, 1.165) is 4.31 Å². The van der Waals surface area contributed by atoms with Crippen molar-refractivity contribution in [1.82, 2.24) is 9.62 Å². The van der Waals surface area contributed by atoms with E-state index in [-0.39, 0.29) is 23.7 Å². The Bertz CT molecular complexity index is 817. The molecule has 0 aliphatic heterocycles. The minimum absolute atomic E-state index is 0.0133. The van der Waals surface area contributed by atoms with Gasteiger partial charge in [-0.1, -0.05) is 0 Å². The predicted molar refractivity (Wildman–Crippen MR) is 89.9 cm³/mol. The highest BCUT2D eigenvalue weighted by molar-refractivity contribution is 7.89. The van der Waals surface area contributed by atoms with E-state index in [0.29, 0.717) is 11.5 Å². The normalized spacial score (nSPS) is 11.4. The molecule has 1 aromatic carbocycles. The van der Waals surface area contributed by atoms with E-state index in [9.17, 15) is 13.2 Å². The molecule has 8 nitrogen and oxygen atoms in total. The maximum atomic E-state index is 13.0. The number of methoxy groups -OCH3 is 2. The van der Waals surface area contributed by atoms with Crippen molar-refractivity contribution in [3.05, 3.63) is 42.4 Å². The van der Waals surface area contributed by atoms with Crippen LogP contribution >= 0.6 is 0 Å². The van der Waals surface area contributed by atoms with Crippen molar-refractivity contribution in [2.75, 3.05) is 27.8 Å². The van der Waals surface area contributed by atoms with Gasteiger partial charge in [0, 0.05) is 13.1 Å². The third kappa shape index (κ3) is 4.31. The number of furan rings is 1. The molecular formula is C16H20N2O6S. The maximum absolute atomic E-state index is 13.0. The van der Waals surface area contributed by atoms with Crippen molar-refractivity contribution >= 4 is 15.9 Å². The zero-order valence-electron chi connectivity index (χ0n) is 14.2. The van der Waals surface area contributed by atoms with Crippen molar-refractivity contribution in [3.8, 4) is 11.5 Å². The topological polar surface area (TPSA) is 98.1 Å². The molecule has 0 aliphatic carbocycles. The minimum atomic E-state index is -3.96. The van der Waals surface area contributed by atoms with Crippen LogP contribution in [0.3, 0.4) is 0 Å². The number of nitrogens with zero attached hydrogens (tertiary/aromatic N) is 1. The predicted octanol–water partition coefficient (Wildman–Crippen LogP) is 1.23. The fraction of sp³-hybridized carbons (Fsp3) is 0.312. The van der Waals surface area contributed by atoms with Gasteiger partial charge >= 0.3 is 0 Å². The largest absolute Gasteiger partial charge is 0.493 e. The van der Waals surface area contributed by atoms with Gasteiger partial charge < -0.3 is 19.2 Å². The summed E-state index contributed by atoms with van der Waals surface area (Å²) < 4.78 is 42.5. The lowest BCUT2D eigenvalue weighted by Crippen LogP contribution is -2.39. The van der Waals surface area contributed by atoms with Crippen LogP contribution in [0.5, 0.6) is 11.5 Å². The molecule has 2 rings (SSSR count). The summed E-state index contributed by atoms with van der Waals surface area (Å²) in [6.45, 7) is -0.412. The third-order valence-corrected chi connectivity index (χ3v) is 5.29. The van der Waals surface area contributed by atoms with E-state index in [4.69, 9.17) is 13.9 Å². The second kappa shape index (κ2) is 8.04. The van der Waals surface area contributed by atoms with E-state index in [2.05, 4.69) is 5.32 Å². The minimum Gasteiger partial charge on any atom is -0.493 e. The number of carbonyl (C=O) groups is 1. The zero-order chi connectivity index (χ0) is 18.4. The van der Waals surface area contributed by atoms with Crippen molar-refractivity contribution in [1.29, 1.82) is 0 Å². The van der Waals surface area contributed by atoms with E-state index >= 15 is 0 Å². The summed E-state index contributed by atoms with van der Waals surface area (Å²) in [7, 11) is 0.353. The Morgan fingerprint density at radius 1 is 1.20 bits per heavy atom. The lowest BCUT2D eigenvalue weighted by Gasteiger charge is -2.21. The molecule has 0 fully saturated rings. The highest BCUT2D eigenvalue weighted by Gasteiger charge is 2.28. The van der Waals surface area contributed by atoms with Gasteiger partial charge in [-0.15, -0.1) is 0 Å². The monoisotopic (exact) mass is 368 g/mol. The fourth-order valence-electron chi connectivity index (χ4n) is 2.17. The van der Waals surface area contributed by atoms with E-state index in [1.807, 2.05) is 0 Å². The first kappa shape index (κ1) is 18.8. The molecule has 0 radical (unpaired) electrons. The Hall–Kier alpha value is -2.52. The Morgan fingerprint density at radius 2 is 1.92 bits per heavy atom. The molecule has 9 heteroatoms. The van der Waals surface area contributed by atoms with Crippen LogP contribution in [0.4, 0.5) is 0 Å². The molecule has 0 aliphatic rings. The lowest BCUT2D eigenvalue weighted by molar-refractivity contribution is -0.120. The molecule has 1 heterocycles. The summed E-state index contributed by atoms with van der Waals surface area (Å²) in [5, 5.41) is 2.42. The summed E-state index contributed by atoms with van der Waals surface area (Å²) in [6.07, 6.45) is 1.44. The summed E-state index contributed by atoms with van der Waals surface area (Å²) in [4.78, 5) is 11.7. The van der Waals surface area contributed by atoms with Crippen molar-refractivity contribution in [3.63, 3.8) is 0 Å². The summed E-state index contributed by atoms with van der Waals surface area (Å²) in [5.41, 5.74) is 0. The Kier molecular flexibility index (Phi) is 6.05. The first-order chi connectivity index (χ1) is 11.9. The summed E-state index contributed by atoms with van der Waals surface area (Å²) in [5.74, 6) is 0.676. The first-order valence-electron chi connectivity index (χ1n) is 7.37. The molecule has 0 bridgehead atoms. The lowest BCUT2D eigenvalue weighted by atomic mass is 10.3. The number of hydrogen-bond acceptors (Lipinski definition) is 6. The first-order valence-corrected chi connectivity index (χ1v) is 8.81. The number of ether oxygens (including phenoxy) is 2. The number of likely N-dealkylation sites (N-methyl/N-ethyl adjacent to an activating group) is 1. The van der Waals surface area contributed by atoms with Gasteiger partial charge in [0.25, 0.3) is 0 Å². The maximum Gasteiger partial charge on any atom is 0.244 e. The number of rotatable bonds is 8. The number of hydrogen-bond donors (Lipinski definition) is 1. The highest BCUT2D eigenvalue weighted by Crippen LogP contribution is 2.31. The van der Waals surface area contributed by atoms with Gasteiger partial charge in [0.1, 0.15) is 5.76 Å². The van der Waals surface area contributed by atoms with Crippen LogP contribution in [0.25, 0.3) is 0 Å². The molecule has 0 unspecified atom stereocenters. The Labute approximate surface area is 146 Å². The number of sulfonamides is 1. The number of nitrogens with one attached hydrogen (secondary N) is 1. The van der Waals surface area contributed by atoms with Gasteiger partial charge in [-0.3, -0.25) is 4.79 Å². The molecule has 25 heavy (non-hydrogen) atoms. The van der Waals surface area contributed by atoms with Gasteiger partial charge in [-0.2, -0.15) is 4.31 Å². The number of amides is 1. The third-order valence-electron chi connectivity index (χ3n) is 3.50. The van der Waals surface area contributed by atoms with Gasteiger partial charge in [-0.05, 0) is 24.3 Å². The van der Waals surface area contributed by atoms with Gasteiger partial charge in [0.2, 0.25) is 15.9 Å². The Balaban J connectivity index is 2.41. The average molecular weight is 368 g/mol. The smallest absolute Gasteiger partial charge is 0.244 e. The second-order valence-corrected chi connectivity index (χ2v) is 6.98. The molecule has 0 spiro atoms. The van der Waals surface area contributed by atoms with Gasteiger partial charge in [0.15, 0.2) is 11.5 Å². The Morgan fingerprint density at radius 3 is 2.48 bits per heavy atom. The van der Waals surface area contributed by atoms with Crippen LogP contribution in [0.1, 0.15) is 5.76 Å². The van der Waals surface area contributed by atoms with Crippen LogP contribution in [0.2, 0.25) is 0 Å². The fourth-order valence-corrected chi connectivity index (χ4v) is 3.55. The van der Waals surface area contributed by atoms with Crippen LogP contribution in [-0.4, -0.2) is 46.4 Å². The molecule has 1 N–H and O–H groups in total. The van der Waals surface area contributed by atoms with Crippen molar-refractivity contribution in [2.24, 2.45) is 0 Å². The van der Waals surface area contributed by atoms with E-state index < -0.39 is 15.9 Å². The molecule has 2 aromatic rings. The summed E-state index contributed by atoms with van der Waals surface area (Å²) >= 11 is 0. The number of benzene rings is 1. The summed E-state index contributed by atoms with van der Waals surface area (Å²) in [6, 6.07) is 7.54. The van der Waals surface area contributed by atoms with Gasteiger partial charge in [0.05, 0.1) is 38.5 Å². The van der Waals surface area contributed by atoms with Crippen LogP contribution in [0.15, 0.2) is 45.9 Å². The zero-order valence-corrected chi connectivity index (χ0v) is 15.0. The molecular weight excluding hydrogens is 348 g/mol. The van der Waals surface area contributed by atoms with Gasteiger partial charge in [-0.25, -0.2) is 8.42 Å². The standard InChI is InChI=1S/C16H20N2O6S/c1-17-16(19)11-18(10-12-5-4-8-24-12)25(20,21)13-6-7-14(22-2)15(9-13)23-3/h4-9H,10-11H2,1-3H3,(H,17,19). The number of carbonyl (C=O) groups excluding carboxylic acids is 1. The molecule has 0 saturated carbocycles. The van der Waals surface area contributed by atoms with E-state index in [1.54, 1.807) is 12.1 Å². The second-order valence-electron chi connectivity index (χ2n) is 5.04. The molecule has 1 aromatic heterocycles. The van der Waals surface area contributed by atoms with E-state index in [1.165, 1.54) is 45.7 Å². The molecule has 136 valence electrons. The quantitative estimate of drug-likeness (QED) is 0.753. The highest BCUT2D eigenvalue weighted by atomic mass is 32.2. The SMILES string of the molecule is CNC(=O)CN(Cc1ccco1)S(=O)(=O)c1ccc(OC)c(OC)c1. The van der Waals surface area contributed by atoms with Crippen molar-refractivity contribution in [2.45, 2.75) is 11.4 Å².